The first-order chi connectivity index (χ1) is 7.56. The van der Waals surface area contributed by atoms with Crippen molar-refractivity contribution in [1.82, 2.24) is 0 Å². The van der Waals surface area contributed by atoms with Gasteiger partial charge in [-0.1, -0.05) is 15.9 Å². The lowest BCUT2D eigenvalue weighted by Gasteiger charge is -2.19. The first-order valence-corrected chi connectivity index (χ1v) is 5.63. The Morgan fingerprint density at radius 3 is 2.50 bits per heavy atom. The molecule has 0 amide bonds. The number of hydrogen-bond donors (Lipinski definition) is 2. The van der Waals surface area contributed by atoms with E-state index in [0.717, 1.165) is 15.6 Å². The van der Waals surface area contributed by atoms with Crippen LogP contribution in [0.25, 0.3) is 0 Å². The molecule has 0 aliphatic carbocycles. The van der Waals surface area contributed by atoms with Crippen LogP contribution in [-0.2, 0) is 0 Å². The van der Waals surface area contributed by atoms with Gasteiger partial charge in [0.1, 0.15) is 0 Å². The third-order valence-corrected chi connectivity index (χ3v) is 3.44. The Morgan fingerprint density at radius 2 is 2.06 bits per heavy atom. The molecule has 0 saturated heterocycles. The maximum absolute atomic E-state index is 9.14. The van der Waals surface area contributed by atoms with Crippen LogP contribution >= 0.6 is 15.9 Å². The van der Waals surface area contributed by atoms with Gasteiger partial charge in [0, 0.05) is 10.0 Å². The second kappa shape index (κ2) is 5.52. The van der Waals surface area contributed by atoms with Crippen molar-refractivity contribution in [2.45, 2.75) is 13.0 Å². The van der Waals surface area contributed by atoms with Gasteiger partial charge >= 0.3 is 0 Å². The second-order valence-electron chi connectivity index (χ2n) is 3.45. The summed E-state index contributed by atoms with van der Waals surface area (Å²) in [7, 11) is 3.12. The highest BCUT2D eigenvalue weighted by Crippen LogP contribution is 2.41. The van der Waals surface area contributed by atoms with Crippen molar-refractivity contribution in [3.05, 3.63) is 21.7 Å². The molecule has 1 aromatic rings. The monoisotopic (exact) mass is 289 g/mol. The molecule has 3 N–H and O–H groups in total. The van der Waals surface area contributed by atoms with Gasteiger partial charge in [-0.15, -0.1) is 0 Å². The molecule has 1 unspecified atom stereocenters. The zero-order chi connectivity index (χ0) is 12.3. The lowest BCUT2D eigenvalue weighted by Crippen LogP contribution is -2.17. The fraction of sp³-hybridized carbons (Fsp3) is 0.455. The lowest BCUT2D eigenvalue weighted by atomic mass is 10.0. The average molecular weight is 290 g/mol. The fourth-order valence-electron chi connectivity index (χ4n) is 1.55. The summed E-state index contributed by atoms with van der Waals surface area (Å²) in [6.07, 6.45) is 0. The van der Waals surface area contributed by atoms with E-state index in [-0.39, 0.29) is 6.61 Å². The van der Waals surface area contributed by atoms with Gasteiger partial charge in [0.2, 0.25) is 0 Å². The molecule has 0 aromatic heterocycles. The molecule has 1 atom stereocenters. The van der Waals surface area contributed by atoms with Crippen molar-refractivity contribution in [3.63, 3.8) is 0 Å². The third-order valence-electron chi connectivity index (χ3n) is 2.39. The maximum atomic E-state index is 9.14. The zero-order valence-corrected chi connectivity index (χ0v) is 11.2. The molecular weight excluding hydrogens is 274 g/mol. The maximum Gasteiger partial charge on any atom is 0.166 e. The third kappa shape index (κ3) is 2.31. The highest BCUT2D eigenvalue weighted by molar-refractivity contribution is 9.10. The van der Waals surface area contributed by atoms with E-state index in [1.54, 1.807) is 14.2 Å². The van der Waals surface area contributed by atoms with E-state index in [1.807, 2.05) is 13.0 Å². The van der Waals surface area contributed by atoms with Gasteiger partial charge < -0.3 is 20.3 Å². The van der Waals surface area contributed by atoms with Gasteiger partial charge in [0.25, 0.3) is 0 Å². The Kier molecular flexibility index (Phi) is 4.58. The van der Waals surface area contributed by atoms with E-state index < -0.39 is 6.04 Å². The second-order valence-corrected chi connectivity index (χ2v) is 4.24. The van der Waals surface area contributed by atoms with Crippen LogP contribution in [0.5, 0.6) is 11.5 Å². The number of benzene rings is 1. The number of methoxy groups -OCH3 is 2. The van der Waals surface area contributed by atoms with E-state index in [4.69, 9.17) is 20.3 Å². The van der Waals surface area contributed by atoms with Crippen LogP contribution < -0.4 is 15.2 Å². The van der Waals surface area contributed by atoms with Gasteiger partial charge in [-0.25, -0.2) is 0 Å². The molecule has 0 saturated carbocycles. The average Bonchev–Trinajstić information content (AvgIpc) is 2.30. The number of aliphatic hydroxyl groups is 1. The van der Waals surface area contributed by atoms with Crippen molar-refractivity contribution in [1.29, 1.82) is 0 Å². The molecule has 0 heterocycles. The minimum atomic E-state index is -0.502. The topological polar surface area (TPSA) is 64.7 Å². The van der Waals surface area contributed by atoms with Crippen LogP contribution in [0, 0.1) is 6.92 Å². The highest BCUT2D eigenvalue weighted by atomic mass is 79.9. The summed E-state index contributed by atoms with van der Waals surface area (Å²) in [5.74, 6) is 1.17. The minimum absolute atomic E-state index is 0.151. The van der Waals surface area contributed by atoms with Crippen molar-refractivity contribution in [2.24, 2.45) is 5.73 Å². The molecule has 0 bridgehead atoms. The van der Waals surface area contributed by atoms with Crippen molar-refractivity contribution < 1.29 is 14.6 Å². The SMILES string of the molecule is COc1cc(C)c(Br)c(C(N)CO)c1OC. The summed E-state index contributed by atoms with van der Waals surface area (Å²) >= 11 is 3.45. The van der Waals surface area contributed by atoms with Gasteiger partial charge in [-0.05, 0) is 18.6 Å². The van der Waals surface area contributed by atoms with Crippen LogP contribution in [0.15, 0.2) is 10.5 Å². The highest BCUT2D eigenvalue weighted by Gasteiger charge is 2.20. The number of rotatable bonds is 4. The number of aliphatic hydroxyl groups excluding tert-OH is 1. The van der Waals surface area contributed by atoms with Gasteiger partial charge in [-0.2, -0.15) is 0 Å². The molecule has 0 fully saturated rings. The van der Waals surface area contributed by atoms with Crippen molar-refractivity contribution in [2.75, 3.05) is 20.8 Å². The fourth-order valence-corrected chi connectivity index (χ4v) is 2.14. The number of nitrogens with two attached hydrogens (primary N) is 1. The molecule has 90 valence electrons. The first kappa shape index (κ1) is 13.3. The molecule has 16 heavy (non-hydrogen) atoms. The summed E-state index contributed by atoms with van der Waals surface area (Å²) < 4.78 is 11.3. The summed E-state index contributed by atoms with van der Waals surface area (Å²) in [5, 5.41) is 9.14. The Balaban J connectivity index is 3.46. The summed E-state index contributed by atoms with van der Waals surface area (Å²) in [6.45, 7) is 1.78. The van der Waals surface area contributed by atoms with Crippen molar-refractivity contribution >= 4 is 15.9 Å². The van der Waals surface area contributed by atoms with Crippen LogP contribution in [0.1, 0.15) is 17.2 Å². The molecule has 5 heteroatoms. The Bertz CT molecular complexity index is 382. The van der Waals surface area contributed by atoms with Crippen LogP contribution in [0.2, 0.25) is 0 Å². The Morgan fingerprint density at radius 1 is 1.44 bits per heavy atom. The Hall–Kier alpha value is -0.780. The number of hydrogen-bond acceptors (Lipinski definition) is 4. The quantitative estimate of drug-likeness (QED) is 0.887. The van der Waals surface area contributed by atoms with Crippen molar-refractivity contribution in [3.8, 4) is 11.5 Å². The predicted octanol–water partition coefficient (Wildman–Crippen LogP) is 1.77. The van der Waals surface area contributed by atoms with Gasteiger partial charge in [-0.3, -0.25) is 0 Å². The molecular formula is C11H16BrNO3. The number of ether oxygens (including phenoxy) is 2. The lowest BCUT2D eigenvalue weighted by molar-refractivity contribution is 0.262. The molecule has 4 nitrogen and oxygen atoms in total. The predicted molar refractivity (Wildman–Crippen MR) is 66.0 cm³/mol. The van der Waals surface area contributed by atoms with E-state index in [9.17, 15) is 0 Å². The molecule has 0 spiro atoms. The molecule has 0 aliphatic rings. The summed E-state index contributed by atoms with van der Waals surface area (Å²) in [5.41, 5.74) is 7.56. The molecule has 1 aromatic carbocycles. The van der Waals surface area contributed by atoms with Crippen LogP contribution in [-0.4, -0.2) is 25.9 Å². The first-order valence-electron chi connectivity index (χ1n) is 4.84. The van der Waals surface area contributed by atoms with E-state index >= 15 is 0 Å². The number of halogens is 1. The van der Waals surface area contributed by atoms with Gasteiger partial charge in [0.15, 0.2) is 11.5 Å². The molecule has 1 rings (SSSR count). The number of aryl methyl sites for hydroxylation is 1. The zero-order valence-electron chi connectivity index (χ0n) is 9.58. The van der Waals surface area contributed by atoms with Crippen LogP contribution in [0.3, 0.4) is 0 Å². The Labute approximate surface area is 103 Å². The van der Waals surface area contributed by atoms with Crippen LogP contribution in [0.4, 0.5) is 0 Å². The molecule has 0 aliphatic heterocycles. The van der Waals surface area contributed by atoms with E-state index in [0.29, 0.717) is 11.5 Å². The smallest absolute Gasteiger partial charge is 0.166 e. The molecule has 0 radical (unpaired) electrons. The van der Waals surface area contributed by atoms with E-state index in [2.05, 4.69) is 15.9 Å². The van der Waals surface area contributed by atoms with E-state index in [1.165, 1.54) is 0 Å². The standard InChI is InChI=1S/C11H16BrNO3/c1-6-4-8(15-2)11(16-3)9(10(6)12)7(13)5-14/h4,7,14H,5,13H2,1-3H3. The minimum Gasteiger partial charge on any atom is -0.493 e. The summed E-state index contributed by atoms with van der Waals surface area (Å²) in [6, 6.07) is 1.36. The summed E-state index contributed by atoms with van der Waals surface area (Å²) in [4.78, 5) is 0. The van der Waals surface area contributed by atoms with Gasteiger partial charge in [0.05, 0.1) is 26.9 Å². The largest absolute Gasteiger partial charge is 0.493 e. The normalized spacial score (nSPS) is 12.4.